The van der Waals surface area contributed by atoms with Crippen molar-refractivity contribution in [2.45, 2.75) is 110 Å². The SMILES string of the molecule is COC(=O)C1CCCC1C(O[Si](C)(C)C(C)(C)C)C(Cc1ccc(OCc2ccccc2)cc1)NC(=O)OC(C)(C)C. The first-order valence-corrected chi connectivity index (χ1v) is 18.0. The fraction of sp³-hybridized carbons (Fsp3) is 0.588. The molecule has 0 heterocycles. The number of nitrogens with one attached hydrogen (secondary N) is 1. The Balaban J connectivity index is 1.92. The summed E-state index contributed by atoms with van der Waals surface area (Å²) in [6.07, 6.45) is 2.13. The maximum absolute atomic E-state index is 13.2. The van der Waals surface area contributed by atoms with Gasteiger partial charge in [0.15, 0.2) is 8.32 Å². The topological polar surface area (TPSA) is 83.1 Å². The Kier molecular flexibility index (Phi) is 11.3. The monoisotopic (exact) mass is 597 g/mol. The Morgan fingerprint density at radius 1 is 0.929 bits per heavy atom. The molecule has 0 bridgehead atoms. The zero-order valence-electron chi connectivity index (χ0n) is 27.0. The molecule has 8 heteroatoms. The molecule has 0 aliphatic heterocycles. The molecule has 7 nitrogen and oxygen atoms in total. The van der Waals surface area contributed by atoms with Crippen LogP contribution in [0.15, 0.2) is 54.6 Å². The summed E-state index contributed by atoms with van der Waals surface area (Å²) < 4.78 is 24.0. The van der Waals surface area contributed by atoms with E-state index in [0.717, 1.165) is 36.1 Å². The molecule has 1 N–H and O–H groups in total. The van der Waals surface area contributed by atoms with E-state index in [0.29, 0.717) is 13.0 Å². The second kappa shape index (κ2) is 14.1. The minimum Gasteiger partial charge on any atom is -0.489 e. The summed E-state index contributed by atoms with van der Waals surface area (Å²) >= 11 is 0. The van der Waals surface area contributed by atoms with Gasteiger partial charge in [-0.1, -0.05) is 69.7 Å². The predicted molar refractivity (Wildman–Crippen MR) is 169 cm³/mol. The molecule has 1 fully saturated rings. The van der Waals surface area contributed by atoms with Gasteiger partial charge in [0, 0.05) is 0 Å². The first kappa shape index (κ1) is 33.7. The van der Waals surface area contributed by atoms with Crippen molar-refractivity contribution in [2.24, 2.45) is 11.8 Å². The number of carbonyl (C=O) groups excluding carboxylic acids is 2. The van der Waals surface area contributed by atoms with Crippen LogP contribution in [-0.4, -0.2) is 45.2 Å². The number of hydrogen-bond acceptors (Lipinski definition) is 6. The zero-order chi connectivity index (χ0) is 31.1. The summed E-state index contributed by atoms with van der Waals surface area (Å²) in [5.41, 5.74) is 1.48. The highest BCUT2D eigenvalue weighted by Gasteiger charge is 2.48. The molecule has 1 aliphatic rings. The van der Waals surface area contributed by atoms with Crippen molar-refractivity contribution in [1.82, 2.24) is 5.32 Å². The Bertz CT molecular complexity index is 1150. The van der Waals surface area contributed by atoms with Crippen LogP contribution in [0.3, 0.4) is 0 Å². The van der Waals surface area contributed by atoms with Gasteiger partial charge < -0.3 is 24.0 Å². The largest absolute Gasteiger partial charge is 0.489 e. The predicted octanol–water partition coefficient (Wildman–Crippen LogP) is 7.68. The Labute approximate surface area is 253 Å². The molecule has 1 aliphatic carbocycles. The minimum atomic E-state index is -2.30. The fourth-order valence-corrected chi connectivity index (χ4v) is 6.61. The number of benzene rings is 2. The van der Waals surface area contributed by atoms with Crippen LogP contribution in [0.25, 0.3) is 0 Å². The van der Waals surface area contributed by atoms with Gasteiger partial charge in [-0.15, -0.1) is 0 Å². The number of methoxy groups -OCH3 is 1. The number of ether oxygens (including phenoxy) is 3. The smallest absolute Gasteiger partial charge is 0.407 e. The van der Waals surface area contributed by atoms with Gasteiger partial charge in [-0.2, -0.15) is 0 Å². The van der Waals surface area contributed by atoms with Crippen molar-refractivity contribution < 1.29 is 28.2 Å². The van der Waals surface area contributed by atoms with Gasteiger partial charge in [0.2, 0.25) is 0 Å². The maximum atomic E-state index is 13.2. The van der Waals surface area contributed by atoms with E-state index in [-0.39, 0.29) is 28.9 Å². The van der Waals surface area contributed by atoms with Crippen LogP contribution in [0.1, 0.15) is 71.9 Å². The lowest BCUT2D eigenvalue weighted by molar-refractivity contribution is -0.148. The van der Waals surface area contributed by atoms with E-state index in [1.165, 1.54) is 7.11 Å². The Morgan fingerprint density at radius 3 is 2.14 bits per heavy atom. The molecular formula is C34H51NO6Si. The summed E-state index contributed by atoms with van der Waals surface area (Å²) in [5, 5.41) is 3.11. The molecule has 2 aromatic rings. The van der Waals surface area contributed by atoms with E-state index in [2.05, 4.69) is 39.2 Å². The van der Waals surface area contributed by atoms with Crippen LogP contribution in [0.2, 0.25) is 18.1 Å². The number of amides is 1. The molecule has 1 saturated carbocycles. The van der Waals surface area contributed by atoms with Gasteiger partial charge in [0.25, 0.3) is 0 Å². The summed E-state index contributed by atoms with van der Waals surface area (Å²) in [6.45, 7) is 17.1. The summed E-state index contributed by atoms with van der Waals surface area (Å²) in [7, 11) is -0.860. The number of carbonyl (C=O) groups is 2. The molecule has 4 unspecified atom stereocenters. The van der Waals surface area contributed by atoms with Gasteiger partial charge in [-0.05, 0) is 87.3 Å². The van der Waals surface area contributed by atoms with Crippen LogP contribution >= 0.6 is 0 Å². The first-order chi connectivity index (χ1) is 19.6. The molecular weight excluding hydrogens is 546 g/mol. The summed E-state index contributed by atoms with van der Waals surface area (Å²) in [4.78, 5) is 26.1. The first-order valence-electron chi connectivity index (χ1n) is 15.1. The van der Waals surface area contributed by atoms with Crippen LogP contribution in [0.5, 0.6) is 5.75 Å². The number of esters is 1. The maximum Gasteiger partial charge on any atom is 0.407 e. The van der Waals surface area contributed by atoms with Gasteiger partial charge in [-0.25, -0.2) is 4.79 Å². The average Bonchev–Trinajstić information content (AvgIpc) is 3.39. The van der Waals surface area contributed by atoms with Crippen LogP contribution in [-0.2, 0) is 31.7 Å². The second-order valence-corrected chi connectivity index (χ2v) is 18.7. The minimum absolute atomic E-state index is 0.0567. The third kappa shape index (κ3) is 9.59. The van der Waals surface area contributed by atoms with Gasteiger partial charge in [-0.3, -0.25) is 4.79 Å². The van der Waals surface area contributed by atoms with Crippen molar-refractivity contribution in [2.75, 3.05) is 7.11 Å². The second-order valence-electron chi connectivity index (χ2n) is 13.9. The molecule has 3 rings (SSSR count). The molecule has 2 aromatic carbocycles. The third-order valence-corrected chi connectivity index (χ3v) is 12.9. The lowest BCUT2D eigenvalue weighted by atomic mass is 9.85. The highest BCUT2D eigenvalue weighted by molar-refractivity contribution is 6.74. The van der Waals surface area contributed by atoms with E-state index in [9.17, 15) is 9.59 Å². The van der Waals surface area contributed by atoms with Gasteiger partial charge in [0.05, 0.1) is 25.2 Å². The molecule has 1 amide bonds. The van der Waals surface area contributed by atoms with Crippen molar-refractivity contribution >= 4 is 20.4 Å². The third-order valence-electron chi connectivity index (χ3n) is 8.46. The molecule has 232 valence electrons. The van der Waals surface area contributed by atoms with E-state index in [1.54, 1.807) is 0 Å². The molecule has 4 atom stereocenters. The van der Waals surface area contributed by atoms with Crippen LogP contribution in [0.4, 0.5) is 4.79 Å². The van der Waals surface area contributed by atoms with Crippen LogP contribution in [0, 0.1) is 11.8 Å². The zero-order valence-corrected chi connectivity index (χ0v) is 28.0. The Hall–Kier alpha value is -2.84. The fourth-order valence-electron chi connectivity index (χ4n) is 5.24. The van der Waals surface area contributed by atoms with E-state index < -0.39 is 26.1 Å². The number of rotatable bonds is 11. The van der Waals surface area contributed by atoms with E-state index in [1.807, 2.05) is 75.4 Å². The molecule has 0 saturated heterocycles. The number of alkyl carbamates (subject to hydrolysis) is 1. The normalized spacial score (nSPS) is 19.1. The molecule has 0 aromatic heterocycles. The van der Waals surface area contributed by atoms with Crippen molar-refractivity contribution in [1.29, 1.82) is 0 Å². The van der Waals surface area contributed by atoms with Gasteiger partial charge >= 0.3 is 12.1 Å². The van der Waals surface area contributed by atoms with Crippen molar-refractivity contribution in [3.63, 3.8) is 0 Å². The highest BCUT2D eigenvalue weighted by Crippen LogP contribution is 2.43. The Morgan fingerprint density at radius 2 is 1.57 bits per heavy atom. The average molecular weight is 598 g/mol. The number of hydrogen-bond donors (Lipinski definition) is 1. The van der Waals surface area contributed by atoms with E-state index in [4.69, 9.17) is 18.6 Å². The van der Waals surface area contributed by atoms with Crippen LogP contribution < -0.4 is 10.1 Å². The molecule has 42 heavy (non-hydrogen) atoms. The quantitative estimate of drug-likeness (QED) is 0.211. The molecule has 0 spiro atoms. The lowest BCUT2D eigenvalue weighted by Crippen LogP contribution is -2.56. The standard InChI is InChI=1S/C34H51NO6Si/c1-33(2,3)40-32(37)35-29(22-24-18-20-26(21-19-24)39-23-25-14-11-10-12-15-25)30(41-42(8,9)34(4,5)6)27-16-13-17-28(27)31(36)38-7/h10-12,14-15,18-21,27-30H,13,16-17,22-23H2,1-9H3,(H,35,37). The van der Waals surface area contributed by atoms with E-state index >= 15 is 0 Å². The van der Waals surface area contributed by atoms with Crippen molar-refractivity contribution in [3.8, 4) is 5.75 Å². The molecule has 0 radical (unpaired) electrons. The summed E-state index contributed by atoms with van der Waals surface area (Å²) in [6, 6.07) is 17.6. The lowest BCUT2D eigenvalue weighted by Gasteiger charge is -2.44. The van der Waals surface area contributed by atoms with Gasteiger partial charge in [0.1, 0.15) is 18.0 Å². The van der Waals surface area contributed by atoms with Crippen molar-refractivity contribution in [3.05, 3.63) is 65.7 Å². The summed E-state index contributed by atoms with van der Waals surface area (Å²) in [5.74, 6) is 0.202. The highest BCUT2D eigenvalue weighted by atomic mass is 28.4.